The first-order valence-corrected chi connectivity index (χ1v) is 7.42. The van der Waals surface area contributed by atoms with Gasteiger partial charge in [0.25, 0.3) is 5.91 Å². The fourth-order valence-corrected chi connectivity index (χ4v) is 2.24. The molecular formula is C16H26N2O4. The quantitative estimate of drug-likeness (QED) is 0.728. The van der Waals surface area contributed by atoms with E-state index in [1.807, 2.05) is 0 Å². The number of unbranched alkanes of at least 4 members (excludes halogenated alkanes) is 1. The van der Waals surface area contributed by atoms with E-state index in [1.165, 1.54) is 21.3 Å². The van der Waals surface area contributed by atoms with Crippen molar-refractivity contribution in [2.45, 2.75) is 32.2 Å². The van der Waals surface area contributed by atoms with Gasteiger partial charge in [0.05, 0.1) is 26.9 Å². The van der Waals surface area contributed by atoms with Crippen LogP contribution in [0.25, 0.3) is 0 Å². The molecule has 1 rings (SSSR count). The van der Waals surface area contributed by atoms with Crippen LogP contribution in [0.2, 0.25) is 0 Å². The van der Waals surface area contributed by atoms with Gasteiger partial charge in [-0.1, -0.05) is 19.8 Å². The molecule has 0 aliphatic heterocycles. The standard InChI is InChI=1S/C16H26N2O4/c1-5-6-7-11(10-17)18-16(19)12-8-9-13(20-2)15(22-4)14(12)21-3/h8-9,11H,5-7,10,17H2,1-4H3,(H,18,19). The molecule has 0 radical (unpaired) electrons. The minimum Gasteiger partial charge on any atom is -0.493 e. The van der Waals surface area contributed by atoms with E-state index in [9.17, 15) is 4.79 Å². The third kappa shape index (κ3) is 4.27. The number of amides is 1. The van der Waals surface area contributed by atoms with Crippen LogP contribution < -0.4 is 25.3 Å². The minimum absolute atomic E-state index is 0.0507. The topological polar surface area (TPSA) is 82.8 Å². The van der Waals surface area contributed by atoms with Crippen LogP contribution in [-0.4, -0.2) is 39.8 Å². The van der Waals surface area contributed by atoms with E-state index in [-0.39, 0.29) is 11.9 Å². The highest BCUT2D eigenvalue weighted by Crippen LogP contribution is 2.39. The van der Waals surface area contributed by atoms with Gasteiger partial charge in [0.15, 0.2) is 11.5 Å². The highest BCUT2D eigenvalue weighted by Gasteiger charge is 2.22. The first kappa shape index (κ1) is 18.1. The summed E-state index contributed by atoms with van der Waals surface area (Å²) in [6.45, 7) is 2.51. The van der Waals surface area contributed by atoms with Crippen LogP contribution in [0.15, 0.2) is 12.1 Å². The maximum Gasteiger partial charge on any atom is 0.255 e. The average molecular weight is 310 g/mol. The molecule has 1 amide bonds. The second kappa shape index (κ2) is 9.15. The molecule has 0 aliphatic carbocycles. The van der Waals surface area contributed by atoms with Crippen molar-refractivity contribution in [2.24, 2.45) is 5.73 Å². The zero-order valence-electron chi connectivity index (χ0n) is 13.8. The highest BCUT2D eigenvalue weighted by molar-refractivity contribution is 5.98. The van der Waals surface area contributed by atoms with Crippen molar-refractivity contribution in [2.75, 3.05) is 27.9 Å². The van der Waals surface area contributed by atoms with Crippen molar-refractivity contribution in [3.8, 4) is 17.2 Å². The van der Waals surface area contributed by atoms with Crippen molar-refractivity contribution in [3.63, 3.8) is 0 Å². The lowest BCUT2D eigenvalue weighted by Crippen LogP contribution is -2.40. The lowest BCUT2D eigenvalue weighted by atomic mass is 10.1. The molecular weight excluding hydrogens is 284 g/mol. The lowest BCUT2D eigenvalue weighted by Gasteiger charge is -2.19. The second-order valence-corrected chi connectivity index (χ2v) is 4.93. The van der Waals surface area contributed by atoms with Gasteiger partial charge in [-0.2, -0.15) is 0 Å². The molecule has 0 bridgehead atoms. The molecule has 0 heterocycles. The highest BCUT2D eigenvalue weighted by atomic mass is 16.5. The molecule has 22 heavy (non-hydrogen) atoms. The largest absolute Gasteiger partial charge is 0.493 e. The summed E-state index contributed by atoms with van der Waals surface area (Å²) in [5, 5.41) is 2.94. The zero-order chi connectivity index (χ0) is 16.5. The van der Waals surface area contributed by atoms with Gasteiger partial charge >= 0.3 is 0 Å². The third-order valence-corrected chi connectivity index (χ3v) is 3.47. The number of hydrogen-bond donors (Lipinski definition) is 2. The fourth-order valence-electron chi connectivity index (χ4n) is 2.24. The molecule has 3 N–H and O–H groups in total. The van der Waals surface area contributed by atoms with Gasteiger partial charge in [0.2, 0.25) is 5.75 Å². The molecule has 1 atom stereocenters. The summed E-state index contributed by atoms with van der Waals surface area (Å²) >= 11 is 0. The molecule has 6 nitrogen and oxygen atoms in total. The van der Waals surface area contributed by atoms with E-state index in [4.69, 9.17) is 19.9 Å². The number of hydrogen-bond acceptors (Lipinski definition) is 5. The first-order chi connectivity index (χ1) is 10.6. The van der Waals surface area contributed by atoms with Crippen molar-refractivity contribution < 1.29 is 19.0 Å². The molecule has 0 spiro atoms. The predicted molar refractivity (Wildman–Crippen MR) is 85.9 cm³/mol. The number of carbonyl (C=O) groups is 1. The number of carbonyl (C=O) groups excluding carboxylic acids is 1. The molecule has 0 aromatic heterocycles. The smallest absolute Gasteiger partial charge is 0.255 e. The molecule has 6 heteroatoms. The molecule has 124 valence electrons. The van der Waals surface area contributed by atoms with Gasteiger partial charge in [0.1, 0.15) is 0 Å². The summed E-state index contributed by atoms with van der Waals surface area (Å²) < 4.78 is 15.8. The van der Waals surface area contributed by atoms with Crippen molar-refractivity contribution in [1.82, 2.24) is 5.32 Å². The van der Waals surface area contributed by atoms with Crippen LogP contribution in [0.5, 0.6) is 17.2 Å². The van der Waals surface area contributed by atoms with E-state index in [1.54, 1.807) is 12.1 Å². The first-order valence-electron chi connectivity index (χ1n) is 7.42. The number of methoxy groups -OCH3 is 3. The summed E-state index contributed by atoms with van der Waals surface area (Å²) in [5.41, 5.74) is 6.12. The van der Waals surface area contributed by atoms with Gasteiger partial charge in [-0.3, -0.25) is 4.79 Å². The SMILES string of the molecule is CCCCC(CN)NC(=O)c1ccc(OC)c(OC)c1OC. The van der Waals surface area contributed by atoms with E-state index in [0.29, 0.717) is 29.4 Å². The van der Waals surface area contributed by atoms with Crippen molar-refractivity contribution in [3.05, 3.63) is 17.7 Å². The van der Waals surface area contributed by atoms with E-state index in [2.05, 4.69) is 12.2 Å². The lowest BCUT2D eigenvalue weighted by molar-refractivity contribution is 0.0932. The summed E-state index contributed by atoms with van der Waals surface area (Å²) in [5.74, 6) is 1.03. The predicted octanol–water partition coefficient (Wildman–Crippen LogP) is 1.96. The van der Waals surface area contributed by atoms with Gasteiger partial charge in [-0.25, -0.2) is 0 Å². The monoisotopic (exact) mass is 310 g/mol. The number of nitrogens with two attached hydrogens (primary N) is 1. The normalized spacial score (nSPS) is 11.7. The number of nitrogens with one attached hydrogen (secondary N) is 1. The number of benzene rings is 1. The summed E-state index contributed by atoms with van der Waals surface area (Å²) in [6.07, 6.45) is 2.94. The number of ether oxygens (including phenoxy) is 3. The Kier molecular flexibility index (Phi) is 7.52. The Morgan fingerprint density at radius 3 is 2.36 bits per heavy atom. The van der Waals surface area contributed by atoms with E-state index in [0.717, 1.165) is 19.3 Å². The van der Waals surface area contributed by atoms with E-state index < -0.39 is 0 Å². The molecule has 0 aliphatic rings. The van der Waals surface area contributed by atoms with Crippen LogP contribution in [0, 0.1) is 0 Å². The third-order valence-electron chi connectivity index (χ3n) is 3.47. The van der Waals surface area contributed by atoms with Crippen LogP contribution >= 0.6 is 0 Å². The average Bonchev–Trinajstić information content (AvgIpc) is 2.56. The van der Waals surface area contributed by atoms with Crippen LogP contribution in [0.4, 0.5) is 0 Å². The van der Waals surface area contributed by atoms with Gasteiger partial charge in [-0.05, 0) is 18.6 Å². The van der Waals surface area contributed by atoms with Crippen molar-refractivity contribution in [1.29, 1.82) is 0 Å². The van der Waals surface area contributed by atoms with Gasteiger partial charge in [0, 0.05) is 12.6 Å². The van der Waals surface area contributed by atoms with Crippen LogP contribution in [-0.2, 0) is 0 Å². The zero-order valence-corrected chi connectivity index (χ0v) is 13.8. The Morgan fingerprint density at radius 1 is 1.18 bits per heavy atom. The van der Waals surface area contributed by atoms with Gasteiger partial charge < -0.3 is 25.3 Å². The van der Waals surface area contributed by atoms with Crippen molar-refractivity contribution >= 4 is 5.91 Å². The minimum atomic E-state index is -0.232. The molecule has 0 fully saturated rings. The van der Waals surface area contributed by atoms with Gasteiger partial charge in [-0.15, -0.1) is 0 Å². The molecule has 0 saturated carbocycles. The van der Waals surface area contributed by atoms with E-state index >= 15 is 0 Å². The Labute approximate surface area is 131 Å². The molecule has 1 aromatic carbocycles. The maximum absolute atomic E-state index is 12.5. The molecule has 0 saturated heterocycles. The molecule has 1 unspecified atom stereocenters. The Bertz CT molecular complexity index is 491. The number of rotatable bonds is 9. The Hall–Kier alpha value is -1.95. The summed E-state index contributed by atoms with van der Waals surface area (Å²) in [4.78, 5) is 12.5. The van der Waals surface area contributed by atoms with Crippen LogP contribution in [0.3, 0.4) is 0 Å². The molecule has 1 aromatic rings. The summed E-state index contributed by atoms with van der Waals surface area (Å²) in [7, 11) is 4.53. The Balaban J connectivity index is 3.02. The summed E-state index contributed by atoms with van der Waals surface area (Å²) in [6, 6.07) is 3.29. The fraction of sp³-hybridized carbons (Fsp3) is 0.562. The second-order valence-electron chi connectivity index (χ2n) is 4.93. The maximum atomic E-state index is 12.5. The van der Waals surface area contributed by atoms with Crippen LogP contribution in [0.1, 0.15) is 36.5 Å². The Morgan fingerprint density at radius 2 is 1.86 bits per heavy atom.